The number of nitrogens with zero attached hydrogens (tertiary/aromatic N) is 6. The lowest BCUT2D eigenvalue weighted by molar-refractivity contribution is -0.123. The summed E-state index contributed by atoms with van der Waals surface area (Å²) in [5.41, 5.74) is 0.695. The molecule has 3 amide bonds. The molecule has 0 bridgehead atoms. The zero-order valence-corrected chi connectivity index (χ0v) is 22.8. The number of aromatic nitrogens is 5. The number of anilines is 2. The largest absolute Gasteiger partial charge is 0.453 e. The molecule has 0 fully saturated rings. The van der Waals surface area contributed by atoms with Crippen LogP contribution in [0.15, 0.2) is 35.3 Å². The maximum atomic E-state index is 13.2. The summed E-state index contributed by atoms with van der Waals surface area (Å²) in [5, 5.41) is 5.05. The number of ether oxygens (including phenoxy) is 1. The summed E-state index contributed by atoms with van der Waals surface area (Å²) in [6.45, 7) is 1.88. The van der Waals surface area contributed by atoms with Crippen LogP contribution < -0.4 is 21.1 Å². The molecule has 0 aliphatic heterocycles. The van der Waals surface area contributed by atoms with Crippen molar-refractivity contribution in [3.05, 3.63) is 52.5 Å². The molecule has 1 unspecified atom stereocenters. The highest BCUT2D eigenvalue weighted by atomic mass is 16.5. The topological polar surface area (TPSA) is 167 Å². The SMILES string of the molecule is COC(=O)NC(CCC=CC(=O)N(C)C)C(=O)Nc1cccn(Cc2nc3c(N(C)C)nc(C)nc3[nH]2)c1=O. The molecular weight excluding hydrogens is 506 g/mol. The van der Waals surface area contributed by atoms with E-state index in [9.17, 15) is 19.2 Å². The van der Waals surface area contributed by atoms with Crippen LogP contribution in [0.5, 0.6) is 0 Å². The van der Waals surface area contributed by atoms with Crippen molar-refractivity contribution in [2.24, 2.45) is 0 Å². The van der Waals surface area contributed by atoms with Gasteiger partial charge in [-0.2, -0.15) is 0 Å². The van der Waals surface area contributed by atoms with Crippen LogP contribution in [0.1, 0.15) is 24.5 Å². The third-order valence-corrected chi connectivity index (χ3v) is 5.63. The van der Waals surface area contributed by atoms with Crippen molar-refractivity contribution >= 4 is 40.6 Å². The summed E-state index contributed by atoms with van der Waals surface area (Å²) >= 11 is 0. The first-order valence-corrected chi connectivity index (χ1v) is 12.1. The number of carbonyl (C=O) groups excluding carboxylic acids is 3. The molecule has 3 N–H and O–H groups in total. The Hall–Kier alpha value is -4.75. The molecule has 14 nitrogen and oxygen atoms in total. The number of nitrogens with one attached hydrogen (secondary N) is 3. The minimum absolute atomic E-state index is 0.0261. The van der Waals surface area contributed by atoms with Gasteiger partial charge in [0.15, 0.2) is 17.0 Å². The van der Waals surface area contributed by atoms with Gasteiger partial charge in [0, 0.05) is 34.4 Å². The van der Waals surface area contributed by atoms with Crippen LogP contribution in [0, 0.1) is 6.92 Å². The molecule has 1 atom stereocenters. The predicted molar refractivity (Wildman–Crippen MR) is 146 cm³/mol. The number of alkyl carbamates (subject to hydrolysis) is 1. The lowest BCUT2D eigenvalue weighted by atomic mass is 10.1. The molecule has 3 aromatic rings. The highest BCUT2D eigenvalue weighted by Gasteiger charge is 2.22. The molecule has 0 radical (unpaired) electrons. The number of aromatic amines is 1. The van der Waals surface area contributed by atoms with Gasteiger partial charge in [0.2, 0.25) is 11.8 Å². The second kappa shape index (κ2) is 12.7. The maximum absolute atomic E-state index is 13.2. The molecule has 0 aliphatic carbocycles. The van der Waals surface area contributed by atoms with Gasteiger partial charge < -0.3 is 34.7 Å². The number of likely N-dealkylation sites (N-methyl/N-ethyl adjacent to an activating group) is 1. The van der Waals surface area contributed by atoms with E-state index < -0.39 is 23.6 Å². The first kappa shape index (κ1) is 28.8. The van der Waals surface area contributed by atoms with E-state index in [4.69, 9.17) is 0 Å². The van der Waals surface area contributed by atoms with Gasteiger partial charge in [-0.1, -0.05) is 6.08 Å². The van der Waals surface area contributed by atoms with Gasteiger partial charge in [-0.05, 0) is 38.0 Å². The molecule has 3 rings (SSSR count). The lowest BCUT2D eigenvalue weighted by Crippen LogP contribution is -2.44. The van der Waals surface area contributed by atoms with Crippen LogP contribution in [0.4, 0.5) is 16.3 Å². The first-order valence-electron chi connectivity index (χ1n) is 12.1. The number of amides is 3. The summed E-state index contributed by atoms with van der Waals surface area (Å²) in [6, 6.07) is 2.08. The summed E-state index contributed by atoms with van der Waals surface area (Å²) in [7, 11) is 8.14. The number of aryl methyl sites for hydroxylation is 1. The molecule has 0 saturated heterocycles. The molecular formula is C25H33N9O5. The Bertz CT molecular complexity index is 1440. The van der Waals surface area contributed by atoms with Crippen molar-refractivity contribution in [1.29, 1.82) is 0 Å². The summed E-state index contributed by atoms with van der Waals surface area (Å²) < 4.78 is 6.01. The molecule has 0 saturated carbocycles. The fourth-order valence-electron chi connectivity index (χ4n) is 3.63. The van der Waals surface area contributed by atoms with E-state index in [1.807, 2.05) is 19.0 Å². The van der Waals surface area contributed by atoms with Crippen molar-refractivity contribution in [2.75, 3.05) is 45.5 Å². The predicted octanol–water partition coefficient (Wildman–Crippen LogP) is 1.03. The third-order valence-electron chi connectivity index (χ3n) is 5.63. The van der Waals surface area contributed by atoms with Gasteiger partial charge >= 0.3 is 6.09 Å². The zero-order valence-electron chi connectivity index (χ0n) is 22.8. The van der Waals surface area contributed by atoms with E-state index in [0.717, 1.165) is 0 Å². The van der Waals surface area contributed by atoms with Crippen molar-refractivity contribution < 1.29 is 19.1 Å². The number of methoxy groups -OCH3 is 1. The van der Waals surface area contributed by atoms with E-state index >= 15 is 0 Å². The average Bonchev–Trinajstić information content (AvgIpc) is 3.28. The molecule has 14 heteroatoms. The standard InChI is InChI=1S/C25H33N9O5/c1-15-26-21-20(22(27-15)33(4)5)30-18(31-21)14-34-13-9-11-17(24(34)37)28-23(36)16(29-25(38)39-6)10-7-8-12-19(35)32(2)3/h8-9,11-13,16H,7,10,14H2,1-6H3,(H,28,36)(H,29,38)(H,26,27,30,31). The van der Waals surface area contributed by atoms with E-state index in [1.165, 1.54) is 28.7 Å². The Morgan fingerprint density at radius 2 is 1.92 bits per heavy atom. The van der Waals surface area contributed by atoms with Crippen LogP contribution in [0.2, 0.25) is 0 Å². The smallest absolute Gasteiger partial charge is 0.407 e. The van der Waals surface area contributed by atoms with Gasteiger partial charge in [-0.3, -0.25) is 14.4 Å². The molecule has 3 aromatic heterocycles. The number of hydrogen-bond acceptors (Lipinski definition) is 9. The van der Waals surface area contributed by atoms with E-state index in [1.54, 1.807) is 39.4 Å². The number of rotatable bonds is 10. The minimum Gasteiger partial charge on any atom is -0.453 e. The zero-order chi connectivity index (χ0) is 28.7. The summed E-state index contributed by atoms with van der Waals surface area (Å²) in [5.74, 6) is 0.915. The van der Waals surface area contributed by atoms with Crippen LogP contribution in [0.3, 0.4) is 0 Å². The van der Waals surface area contributed by atoms with E-state index in [0.29, 0.717) is 35.1 Å². The Morgan fingerprint density at radius 1 is 1.18 bits per heavy atom. The number of allylic oxidation sites excluding steroid dienone is 1. The van der Waals surface area contributed by atoms with Crippen LogP contribution >= 0.6 is 0 Å². The number of carbonyl (C=O) groups is 3. The number of fused-ring (bicyclic) bond motifs is 1. The summed E-state index contributed by atoms with van der Waals surface area (Å²) in [4.78, 5) is 69.5. The van der Waals surface area contributed by atoms with Crippen LogP contribution in [0.25, 0.3) is 11.2 Å². The van der Waals surface area contributed by atoms with E-state index in [2.05, 4.69) is 35.3 Å². The summed E-state index contributed by atoms with van der Waals surface area (Å²) in [6.07, 6.45) is 4.27. The van der Waals surface area contributed by atoms with Crippen LogP contribution in [-0.4, -0.2) is 88.7 Å². The lowest BCUT2D eigenvalue weighted by Gasteiger charge is -2.17. The highest BCUT2D eigenvalue weighted by Crippen LogP contribution is 2.20. The fraction of sp³-hybridized carbons (Fsp3) is 0.400. The number of imidazole rings is 1. The van der Waals surface area contributed by atoms with Gasteiger partial charge in [0.05, 0.1) is 13.7 Å². The second-order valence-corrected chi connectivity index (χ2v) is 9.11. The van der Waals surface area contributed by atoms with Crippen molar-refractivity contribution in [2.45, 2.75) is 32.4 Å². The average molecular weight is 540 g/mol. The second-order valence-electron chi connectivity index (χ2n) is 9.11. The first-order chi connectivity index (χ1) is 18.5. The van der Waals surface area contributed by atoms with Crippen molar-refractivity contribution in [3.8, 4) is 0 Å². The van der Waals surface area contributed by atoms with E-state index in [-0.39, 0.29) is 24.6 Å². The molecule has 0 aromatic carbocycles. The maximum Gasteiger partial charge on any atom is 0.407 e. The highest BCUT2D eigenvalue weighted by molar-refractivity contribution is 5.96. The van der Waals surface area contributed by atoms with Gasteiger partial charge in [-0.25, -0.2) is 19.7 Å². The quantitative estimate of drug-likeness (QED) is 0.319. The monoisotopic (exact) mass is 539 g/mol. The molecule has 208 valence electrons. The molecule has 3 heterocycles. The van der Waals surface area contributed by atoms with Gasteiger partial charge in [-0.15, -0.1) is 0 Å². The van der Waals surface area contributed by atoms with Crippen molar-refractivity contribution in [1.82, 2.24) is 34.7 Å². The van der Waals surface area contributed by atoms with Gasteiger partial charge in [0.25, 0.3) is 5.56 Å². The van der Waals surface area contributed by atoms with Crippen molar-refractivity contribution in [3.63, 3.8) is 0 Å². The Labute approximate surface area is 225 Å². The molecule has 0 spiro atoms. The van der Waals surface area contributed by atoms with Gasteiger partial charge in [0.1, 0.15) is 23.4 Å². The Kier molecular flexibility index (Phi) is 9.36. The van der Waals surface area contributed by atoms with Crippen LogP contribution in [-0.2, 0) is 20.9 Å². The fourth-order valence-corrected chi connectivity index (χ4v) is 3.63. The number of H-pyrrole nitrogens is 1. The number of hydrogen-bond donors (Lipinski definition) is 3. The normalized spacial score (nSPS) is 11.8. The third kappa shape index (κ3) is 7.40. The number of pyridine rings is 1. The Morgan fingerprint density at radius 3 is 2.59 bits per heavy atom. The Balaban J connectivity index is 1.78. The molecule has 0 aliphatic rings. The molecule has 39 heavy (non-hydrogen) atoms. The minimum atomic E-state index is -1.01.